The Kier molecular flexibility index (Phi) is 4.84. The summed E-state index contributed by atoms with van der Waals surface area (Å²) in [5, 5.41) is 10.5. The van der Waals surface area contributed by atoms with Gasteiger partial charge in [-0.05, 0) is 31.1 Å². The first-order chi connectivity index (χ1) is 8.13. The molecule has 1 rings (SSSR count). The van der Waals surface area contributed by atoms with Crippen molar-refractivity contribution < 1.29 is 13.5 Å². The van der Waals surface area contributed by atoms with Gasteiger partial charge in [0.2, 0.25) is 0 Å². The summed E-state index contributed by atoms with van der Waals surface area (Å²) in [6, 6.07) is 0. The third kappa shape index (κ3) is 3.68. The average Bonchev–Trinajstić information content (AvgIpc) is 2.23. The third-order valence-corrected chi connectivity index (χ3v) is 5.44. The Hall–Kier alpha value is -0.130. The number of hydrogen-bond acceptors (Lipinski definition) is 4. The molecular formula is C13H27NO3S. The largest absolute Gasteiger partial charge is 0.392 e. The highest BCUT2D eigenvalue weighted by molar-refractivity contribution is 7.90. The van der Waals surface area contributed by atoms with Crippen molar-refractivity contribution in [3.63, 3.8) is 0 Å². The molecular weight excluding hydrogens is 250 g/mol. The van der Waals surface area contributed by atoms with Crippen LogP contribution in [0.3, 0.4) is 0 Å². The summed E-state index contributed by atoms with van der Waals surface area (Å²) in [5.74, 6) is 0.182. The molecule has 108 valence electrons. The lowest BCUT2D eigenvalue weighted by atomic mass is 9.59. The summed E-state index contributed by atoms with van der Waals surface area (Å²) in [6.45, 7) is 4.57. The molecule has 1 fully saturated rings. The van der Waals surface area contributed by atoms with Crippen LogP contribution in [-0.2, 0) is 9.84 Å². The van der Waals surface area contributed by atoms with E-state index in [4.69, 9.17) is 5.73 Å². The Balaban J connectivity index is 2.73. The zero-order valence-electron chi connectivity index (χ0n) is 11.8. The topological polar surface area (TPSA) is 80.4 Å². The predicted molar refractivity (Wildman–Crippen MR) is 74.1 cm³/mol. The van der Waals surface area contributed by atoms with E-state index in [1.165, 1.54) is 6.26 Å². The van der Waals surface area contributed by atoms with Gasteiger partial charge in [-0.2, -0.15) is 0 Å². The zero-order chi connectivity index (χ0) is 14.0. The second kappa shape index (κ2) is 5.47. The first-order valence-corrected chi connectivity index (χ1v) is 8.75. The molecule has 0 radical (unpaired) electrons. The van der Waals surface area contributed by atoms with Gasteiger partial charge in [0, 0.05) is 24.0 Å². The fourth-order valence-electron chi connectivity index (χ4n) is 3.26. The molecule has 2 unspecified atom stereocenters. The highest BCUT2D eigenvalue weighted by Gasteiger charge is 2.47. The van der Waals surface area contributed by atoms with Crippen LogP contribution in [0.2, 0.25) is 0 Å². The van der Waals surface area contributed by atoms with Gasteiger partial charge in [0.05, 0.1) is 6.10 Å². The van der Waals surface area contributed by atoms with Gasteiger partial charge in [0.1, 0.15) is 9.84 Å². The summed E-state index contributed by atoms with van der Waals surface area (Å²) in [7, 11) is -2.93. The normalized spacial score (nSPS) is 32.4. The van der Waals surface area contributed by atoms with E-state index in [1.54, 1.807) is 0 Å². The molecule has 0 spiro atoms. The molecule has 0 heterocycles. The van der Waals surface area contributed by atoms with Crippen molar-refractivity contribution in [1.82, 2.24) is 0 Å². The van der Waals surface area contributed by atoms with E-state index in [2.05, 4.69) is 13.8 Å². The quantitative estimate of drug-likeness (QED) is 0.794. The number of aliphatic hydroxyl groups is 1. The van der Waals surface area contributed by atoms with Gasteiger partial charge in [0.15, 0.2) is 0 Å². The first kappa shape index (κ1) is 15.9. The van der Waals surface area contributed by atoms with Gasteiger partial charge < -0.3 is 10.8 Å². The Morgan fingerprint density at radius 3 is 2.44 bits per heavy atom. The maximum atomic E-state index is 11.2. The molecule has 0 saturated heterocycles. The van der Waals surface area contributed by atoms with E-state index in [9.17, 15) is 13.5 Å². The molecule has 1 saturated carbocycles. The zero-order valence-corrected chi connectivity index (χ0v) is 12.6. The van der Waals surface area contributed by atoms with Crippen LogP contribution < -0.4 is 5.73 Å². The van der Waals surface area contributed by atoms with Crippen molar-refractivity contribution >= 4 is 9.84 Å². The third-order valence-electron chi connectivity index (χ3n) is 4.41. The lowest BCUT2D eigenvalue weighted by molar-refractivity contribution is -0.0926. The van der Waals surface area contributed by atoms with E-state index in [0.29, 0.717) is 19.4 Å². The van der Waals surface area contributed by atoms with E-state index in [0.717, 1.165) is 19.3 Å². The first-order valence-electron chi connectivity index (χ1n) is 6.69. The summed E-state index contributed by atoms with van der Waals surface area (Å²) < 4.78 is 22.4. The van der Waals surface area contributed by atoms with Gasteiger partial charge in [-0.1, -0.05) is 20.3 Å². The van der Waals surface area contributed by atoms with Gasteiger partial charge in [-0.3, -0.25) is 0 Å². The van der Waals surface area contributed by atoms with Crippen molar-refractivity contribution in [2.24, 2.45) is 16.6 Å². The van der Waals surface area contributed by atoms with Crippen LogP contribution in [0.5, 0.6) is 0 Å². The number of aliphatic hydroxyl groups excluding tert-OH is 1. The standard InChI is InChI=1S/C13H27NO3S/c1-12(2)6-4-7-13(10-14,11(12)15)8-5-9-18(3,16)17/h11,15H,4-10,14H2,1-3H3. The molecule has 0 bridgehead atoms. The summed E-state index contributed by atoms with van der Waals surface area (Å²) in [4.78, 5) is 0. The molecule has 0 amide bonds. The van der Waals surface area contributed by atoms with Crippen LogP contribution in [0.15, 0.2) is 0 Å². The fourth-order valence-corrected chi connectivity index (χ4v) is 3.93. The number of hydrogen-bond donors (Lipinski definition) is 2. The average molecular weight is 277 g/mol. The second-order valence-corrected chi connectivity index (χ2v) is 8.80. The molecule has 4 nitrogen and oxygen atoms in total. The van der Waals surface area contributed by atoms with Crippen molar-refractivity contribution in [3.8, 4) is 0 Å². The van der Waals surface area contributed by atoms with E-state index in [-0.39, 0.29) is 16.6 Å². The van der Waals surface area contributed by atoms with E-state index < -0.39 is 15.9 Å². The predicted octanol–water partition coefficient (Wildman–Crippen LogP) is 1.33. The van der Waals surface area contributed by atoms with Gasteiger partial charge in [-0.15, -0.1) is 0 Å². The van der Waals surface area contributed by atoms with E-state index in [1.807, 2.05) is 0 Å². The Bertz CT molecular complexity index is 378. The molecule has 1 aliphatic rings. The minimum Gasteiger partial charge on any atom is -0.392 e. The Morgan fingerprint density at radius 1 is 1.33 bits per heavy atom. The lowest BCUT2D eigenvalue weighted by Crippen LogP contribution is -2.52. The summed E-state index contributed by atoms with van der Waals surface area (Å²) in [5.41, 5.74) is 5.47. The van der Waals surface area contributed by atoms with Crippen LogP contribution in [0.25, 0.3) is 0 Å². The van der Waals surface area contributed by atoms with Gasteiger partial charge in [-0.25, -0.2) is 8.42 Å². The van der Waals surface area contributed by atoms with Crippen LogP contribution >= 0.6 is 0 Å². The molecule has 0 aromatic rings. The highest BCUT2D eigenvalue weighted by Crippen LogP contribution is 2.48. The van der Waals surface area contributed by atoms with Gasteiger partial charge in [0.25, 0.3) is 0 Å². The Labute approximate surface area is 111 Å². The van der Waals surface area contributed by atoms with Crippen LogP contribution in [-0.4, -0.2) is 38.2 Å². The molecule has 3 N–H and O–H groups in total. The fraction of sp³-hybridized carbons (Fsp3) is 1.00. The Morgan fingerprint density at radius 2 is 1.94 bits per heavy atom. The number of sulfone groups is 1. The SMILES string of the molecule is CC1(C)CCCC(CN)(CCCS(C)(=O)=O)C1O. The molecule has 2 atom stereocenters. The second-order valence-electron chi connectivity index (χ2n) is 6.54. The smallest absolute Gasteiger partial charge is 0.147 e. The molecule has 1 aliphatic carbocycles. The van der Waals surface area contributed by atoms with Crippen molar-refractivity contribution in [2.75, 3.05) is 18.6 Å². The molecule has 0 aromatic carbocycles. The van der Waals surface area contributed by atoms with Crippen molar-refractivity contribution in [3.05, 3.63) is 0 Å². The van der Waals surface area contributed by atoms with Crippen LogP contribution in [0, 0.1) is 10.8 Å². The molecule has 18 heavy (non-hydrogen) atoms. The maximum Gasteiger partial charge on any atom is 0.147 e. The molecule has 0 aliphatic heterocycles. The minimum atomic E-state index is -2.93. The number of nitrogens with two attached hydrogens (primary N) is 1. The van der Waals surface area contributed by atoms with Crippen LogP contribution in [0.4, 0.5) is 0 Å². The van der Waals surface area contributed by atoms with Crippen LogP contribution in [0.1, 0.15) is 46.0 Å². The number of rotatable bonds is 5. The minimum absolute atomic E-state index is 0.122. The monoisotopic (exact) mass is 277 g/mol. The lowest BCUT2D eigenvalue weighted by Gasteiger charge is -2.49. The highest BCUT2D eigenvalue weighted by atomic mass is 32.2. The maximum absolute atomic E-state index is 11.2. The van der Waals surface area contributed by atoms with Crippen molar-refractivity contribution in [1.29, 1.82) is 0 Å². The van der Waals surface area contributed by atoms with Crippen molar-refractivity contribution in [2.45, 2.75) is 52.1 Å². The molecule has 0 aromatic heterocycles. The summed E-state index contributed by atoms with van der Waals surface area (Å²) in [6.07, 6.45) is 5.05. The van der Waals surface area contributed by atoms with E-state index >= 15 is 0 Å². The summed E-state index contributed by atoms with van der Waals surface area (Å²) >= 11 is 0. The molecule has 5 heteroatoms. The van der Waals surface area contributed by atoms with Gasteiger partial charge >= 0.3 is 0 Å².